The lowest BCUT2D eigenvalue weighted by atomic mass is 10.1. The fourth-order valence-corrected chi connectivity index (χ4v) is 4.20. The van der Waals surface area contributed by atoms with Crippen molar-refractivity contribution in [3.63, 3.8) is 0 Å². The van der Waals surface area contributed by atoms with Crippen molar-refractivity contribution in [2.75, 3.05) is 13.2 Å². The zero-order chi connectivity index (χ0) is 28.2. The van der Waals surface area contributed by atoms with Crippen LogP contribution in [0.2, 0.25) is 10.0 Å². The third kappa shape index (κ3) is 8.70. The number of benzene rings is 4. The van der Waals surface area contributed by atoms with E-state index in [-0.39, 0.29) is 11.6 Å². The first-order valence-corrected chi connectivity index (χ1v) is 13.6. The molecule has 4 aromatic rings. The summed E-state index contributed by atoms with van der Waals surface area (Å²) in [5.41, 5.74) is 2.66. The van der Waals surface area contributed by atoms with Crippen LogP contribution in [0.25, 0.3) is 12.2 Å². The standard InChI is InChI=1S/C34H28Cl2O4/c35-31-15-3-1-9-25(31)17-19-33(37)27-11-7-13-29(23-27)39-21-5-6-22-40-30-14-8-12-28(24-30)34(38)20-18-26-10-2-4-16-32(26)36/h1-4,7-20,23-24H,5-6,21-22H2/b19-17+,20-18+. The second kappa shape index (κ2) is 14.9. The van der Waals surface area contributed by atoms with Crippen molar-refractivity contribution in [2.45, 2.75) is 12.8 Å². The van der Waals surface area contributed by atoms with Crippen molar-refractivity contribution >= 4 is 46.9 Å². The largest absolute Gasteiger partial charge is 0.494 e. The van der Waals surface area contributed by atoms with E-state index in [1.807, 2.05) is 48.5 Å². The molecule has 0 aromatic heterocycles. The van der Waals surface area contributed by atoms with E-state index in [1.165, 1.54) is 12.2 Å². The number of carbonyl (C=O) groups excluding carboxylic acids is 2. The van der Waals surface area contributed by atoms with Gasteiger partial charge < -0.3 is 9.47 Å². The first-order valence-electron chi connectivity index (χ1n) is 12.9. The van der Waals surface area contributed by atoms with Gasteiger partial charge in [0, 0.05) is 21.2 Å². The van der Waals surface area contributed by atoms with Gasteiger partial charge in [-0.15, -0.1) is 0 Å². The van der Waals surface area contributed by atoms with E-state index in [4.69, 9.17) is 32.7 Å². The SMILES string of the molecule is O=C(/C=C/c1ccccc1Cl)c1cccc(OCCCCOc2cccc(C(=O)/C=C/c3ccccc3Cl)c2)c1. The highest BCUT2D eigenvalue weighted by molar-refractivity contribution is 6.32. The van der Waals surface area contributed by atoms with E-state index in [0.29, 0.717) is 45.9 Å². The van der Waals surface area contributed by atoms with E-state index in [9.17, 15) is 9.59 Å². The van der Waals surface area contributed by atoms with Crippen molar-refractivity contribution in [1.82, 2.24) is 0 Å². The molecule has 0 unspecified atom stereocenters. The van der Waals surface area contributed by atoms with Gasteiger partial charge in [-0.05, 0) is 84.7 Å². The molecule has 0 bridgehead atoms. The van der Waals surface area contributed by atoms with Gasteiger partial charge in [0.15, 0.2) is 11.6 Å². The van der Waals surface area contributed by atoms with E-state index < -0.39 is 0 Å². The zero-order valence-corrected chi connectivity index (χ0v) is 23.3. The lowest BCUT2D eigenvalue weighted by Crippen LogP contribution is -2.04. The van der Waals surface area contributed by atoms with Gasteiger partial charge in [0.1, 0.15) is 11.5 Å². The minimum Gasteiger partial charge on any atom is -0.494 e. The van der Waals surface area contributed by atoms with Crippen LogP contribution >= 0.6 is 23.2 Å². The molecule has 4 aromatic carbocycles. The fourth-order valence-electron chi connectivity index (χ4n) is 3.81. The molecule has 0 aliphatic rings. The summed E-state index contributed by atoms with van der Waals surface area (Å²) in [5, 5.41) is 1.19. The molecule has 4 rings (SSSR count). The second-order valence-corrected chi connectivity index (χ2v) is 9.71. The van der Waals surface area contributed by atoms with Crippen LogP contribution in [0.1, 0.15) is 44.7 Å². The molecule has 4 nitrogen and oxygen atoms in total. The lowest BCUT2D eigenvalue weighted by Gasteiger charge is -2.09. The number of carbonyl (C=O) groups is 2. The molecule has 0 amide bonds. The molecule has 0 heterocycles. The second-order valence-electron chi connectivity index (χ2n) is 8.90. The van der Waals surface area contributed by atoms with Crippen LogP contribution < -0.4 is 9.47 Å². The molecule has 0 fully saturated rings. The molecule has 6 heteroatoms. The van der Waals surface area contributed by atoms with E-state index in [1.54, 1.807) is 60.7 Å². The molecular formula is C34H28Cl2O4. The smallest absolute Gasteiger partial charge is 0.185 e. The third-order valence-electron chi connectivity index (χ3n) is 5.95. The molecule has 202 valence electrons. The molecule has 0 radical (unpaired) electrons. The van der Waals surface area contributed by atoms with Crippen molar-refractivity contribution in [1.29, 1.82) is 0 Å². The summed E-state index contributed by atoms with van der Waals surface area (Å²) in [7, 11) is 0. The van der Waals surface area contributed by atoms with Gasteiger partial charge in [-0.3, -0.25) is 9.59 Å². The van der Waals surface area contributed by atoms with Gasteiger partial charge in [-0.25, -0.2) is 0 Å². The number of ether oxygens (including phenoxy) is 2. The van der Waals surface area contributed by atoms with Gasteiger partial charge in [0.2, 0.25) is 0 Å². The highest BCUT2D eigenvalue weighted by atomic mass is 35.5. The number of hydrogen-bond donors (Lipinski definition) is 0. The van der Waals surface area contributed by atoms with Crippen LogP contribution in [0.3, 0.4) is 0 Å². The topological polar surface area (TPSA) is 52.6 Å². The zero-order valence-electron chi connectivity index (χ0n) is 21.8. The number of ketones is 2. The molecular weight excluding hydrogens is 543 g/mol. The first-order chi connectivity index (χ1) is 19.5. The molecule has 0 spiro atoms. The summed E-state index contributed by atoms with van der Waals surface area (Å²) < 4.78 is 11.7. The quantitative estimate of drug-likeness (QED) is 0.0913. The molecule has 0 atom stereocenters. The van der Waals surface area contributed by atoms with Crippen LogP contribution in [-0.2, 0) is 0 Å². The maximum absolute atomic E-state index is 12.6. The van der Waals surface area contributed by atoms with Crippen molar-refractivity contribution in [3.05, 3.63) is 142 Å². The molecule has 0 saturated heterocycles. The number of allylic oxidation sites excluding steroid dienone is 2. The Morgan fingerprint density at radius 2 is 1.00 bits per heavy atom. The molecule has 0 saturated carbocycles. The fraction of sp³-hybridized carbons (Fsp3) is 0.118. The highest BCUT2D eigenvalue weighted by Gasteiger charge is 2.06. The number of halogens is 2. The van der Waals surface area contributed by atoms with E-state index in [2.05, 4.69) is 0 Å². The Bertz CT molecular complexity index is 1410. The van der Waals surface area contributed by atoms with Crippen LogP contribution in [0, 0.1) is 0 Å². The van der Waals surface area contributed by atoms with Crippen LogP contribution in [0.15, 0.2) is 109 Å². The molecule has 0 N–H and O–H groups in total. The maximum atomic E-state index is 12.6. The summed E-state index contributed by atoms with van der Waals surface area (Å²) in [6.45, 7) is 0.976. The Labute approximate surface area is 244 Å². The van der Waals surface area contributed by atoms with Crippen molar-refractivity contribution in [3.8, 4) is 11.5 Å². The van der Waals surface area contributed by atoms with Crippen LogP contribution in [-0.4, -0.2) is 24.8 Å². The number of unbranched alkanes of at least 4 members (excludes halogenated alkanes) is 1. The number of rotatable bonds is 13. The summed E-state index contributed by atoms with van der Waals surface area (Å²) in [6.07, 6.45) is 7.97. The maximum Gasteiger partial charge on any atom is 0.185 e. The Morgan fingerprint density at radius 3 is 1.43 bits per heavy atom. The summed E-state index contributed by atoms with van der Waals surface area (Å²) in [6, 6.07) is 28.9. The molecule has 0 aliphatic carbocycles. The Balaban J connectivity index is 1.20. The minimum atomic E-state index is -0.126. The third-order valence-corrected chi connectivity index (χ3v) is 6.64. The van der Waals surface area contributed by atoms with Gasteiger partial charge in [-0.2, -0.15) is 0 Å². The van der Waals surface area contributed by atoms with Crippen LogP contribution in [0.4, 0.5) is 0 Å². The first kappa shape index (κ1) is 28.9. The summed E-state index contributed by atoms with van der Waals surface area (Å²) in [5.74, 6) is 1.01. The summed E-state index contributed by atoms with van der Waals surface area (Å²) in [4.78, 5) is 25.2. The predicted molar refractivity (Wildman–Crippen MR) is 163 cm³/mol. The average Bonchev–Trinajstić information content (AvgIpc) is 2.98. The summed E-state index contributed by atoms with van der Waals surface area (Å²) >= 11 is 12.3. The van der Waals surface area contributed by atoms with Crippen molar-refractivity contribution in [2.24, 2.45) is 0 Å². The minimum absolute atomic E-state index is 0.126. The molecule has 40 heavy (non-hydrogen) atoms. The Morgan fingerprint density at radius 1 is 0.575 bits per heavy atom. The van der Waals surface area contributed by atoms with E-state index in [0.717, 1.165) is 24.0 Å². The average molecular weight is 572 g/mol. The van der Waals surface area contributed by atoms with Gasteiger partial charge >= 0.3 is 0 Å². The van der Waals surface area contributed by atoms with Gasteiger partial charge in [-0.1, -0.05) is 83.9 Å². The number of hydrogen-bond acceptors (Lipinski definition) is 4. The Hall–Kier alpha value is -4.12. The van der Waals surface area contributed by atoms with Gasteiger partial charge in [0.25, 0.3) is 0 Å². The normalized spacial score (nSPS) is 11.2. The Kier molecular flexibility index (Phi) is 10.7. The highest BCUT2D eigenvalue weighted by Crippen LogP contribution is 2.20. The van der Waals surface area contributed by atoms with Crippen LogP contribution in [0.5, 0.6) is 11.5 Å². The van der Waals surface area contributed by atoms with Gasteiger partial charge in [0.05, 0.1) is 13.2 Å². The molecule has 0 aliphatic heterocycles. The predicted octanol–water partition coefficient (Wildman–Crippen LogP) is 9.02. The monoisotopic (exact) mass is 570 g/mol. The van der Waals surface area contributed by atoms with Crippen molar-refractivity contribution < 1.29 is 19.1 Å². The lowest BCUT2D eigenvalue weighted by molar-refractivity contribution is 0.103. The van der Waals surface area contributed by atoms with E-state index >= 15 is 0 Å².